The Balaban J connectivity index is 2.57. The molecule has 0 fully saturated rings. The van der Waals surface area contributed by atoms with Crippen LogP contribution in [-0.2, 0) is 16.0 Å². The largest absolute Gasteiger partial charge is 0.469 e. The molecule has 0 spiro atoms. The Hall–Kier alpha value is -1.42. The van der Waals surface area contributed by atoms with Crippen molar-refractivity contribution in [1.82, 2.24) is 0 Å². The van der Waals surface area contributed by atoms with E-state index in [0.29, 0.717) is 17.8 Å². The van der Waals surface area contributed by atoms with Crippen molar-refractivity contribution < 1.29 is 9.53 Å². The molecule has 15 heavy (non-hydrogen) atoms. The average molecular weight is 223 g/mol. The first-order valence-electron chi connectivity index (χ1n) is 4.59. The molecule has 0 amide bonds. The van der Waals surface area contributed by atoms with E-state index >= 15 is 0 Å². The third-order valence-corrected chi connectivity index (χ3v) is 2.32. The van der Waals surface area contributed by atoms with Crippen LogP contribution in [-0.4, -0.2) is 18.1 Å². The number of ether oxygens (including phenoxy) is 1. The lowest BCUT2D eigenvalue weighted by atomic mass is 10.1. The third kappa shape index (κ3) is 3.67. The van der Waals surface area contributed by atoms with Crippen molar-refractivity contribution in [2.24, 2.45) is 5.73 Å². The van der Waals surface area contributed by atoms with E-state index in [0.717, 1.165) is 11.1 Å². The molecule has 0 unspecified atom stereocenters. The van der Waals surface area contributed by atoms with Crippen LogP contribution in [0.3, 0.4) is 0 Å². The first-order chi connectivity index (χ1) is 7.13. The van der Waals surface area contributed by atoms with E-state index in [1.807, 2.05) is 24.3 Å². The van der Waals surface area contributed by atoms with Gasteiger partial charge in [0.15, 0.2) is 0 Å². The van der Waals surface area contributed by atoms with Crippen LogP contribution in [0.15, 0.2) is 24.3 Å². The molecule has 0 aliphatic heterocycles. The van der Waals surface area contributed by atoms with Crippen molar-refractivity contribution in [3.63, 3.8) is 0 Å². The Bertz CT molecular complexity index is 359. The van der Waals surface area contributed by atoms with Gasteiger partial charge in [-0.3, -0.25) is 4.79 Å². The number of methoxy groups -OCH3 is 1. The zero-order chi connectivity index (χ0) is 11.3. The molecule has 80 valence electrons. The van der Waals surface area contributed by atoms with E-state index in [2.05, 4.69) is 4.74 Å². The summed E-state index contributed by atoms with van der Waals surface area (Å²) in [5.41, 5.74) is 7.37. The molecule has 1 aromatic rings. The van der Waals surface area contributed by atoms with Crippen LogP contribution in [0, 0.1) is 0 Å². The maximum atomic E-state index is 10.9. The molecule has 2 N–H and O–H groups in total. The molecule has 0 radical (unpaired) electrons. The Labute approximate surface area is 94.2 Å². The topological polar surface area (TPSA) is 52.3 Å². The average Bonchev–Trinajstić information content (AvgIpc) is 2.26. The number of carbonyl (C=O) groups is 1. The van der Waals surface area contributed by atoms with Gasteiger partial charge < -0.3 is 10.5 Å². The van der Waals surface area contributed by atoms with Crippen LogP contribution in [0.5, 0.6) is 0 Å². The molecule has 0 aromatic heterocycles. The van der Waals surface area contributed by atoms with Crippen LogP contribution < -0.4 is 5.73 Å². The number of rotatable bonds is 4. The lowest BCUT2D eigenvalue weighted by Gasteiger charge is -2.02. The first-order valence-corrected chi connectivity index (χ1v) is 5.00. The minimum atomic E-state index is -0.201. The van der Waals surface area contributed by atoms with Gasteiger partial charge in [0.25, 0.3) is 0 Å². The molecule has 0 aliphatic rings. The second kappa shape index (κ2) is 5.46. The molecule has 3 nitrogen and oxygen atoms in total. The molecule has 0 saturated heterocycles. The highest BCUT2D eigenvalue weighted by atomic mass is 32.1. The number of hydrogen-bond donors (Lipinski definition) is 1. The summed E-state index contributed by atoms with van der Waals surface area (Å²) in [6.45, 7) is 0. The summed E-state index contributed by atoms with van der Waals surface area (Å²) >= 11 is 4.83. The fraction of sp³-hybridized carbons (Fsp3) is 0.273. The molecule has 0 bridgehead atoms. The van der Waals surface area contributed by atoms with Gasteiger partial charge in [-0.15, -0.1) is 0 Å². The Morgan fingerprint density at radius 1 is 1.40 bits per heavy atom. The van der Waals surface area contributed by atoms with Crippen LogP contribution in [0.1, 0.15) is 17.5 Å². The van der Waals surface area contributed by atoms with Gasteiger partial charge in [-0.2, -0.15) is 0 Å². The fourth-order valence-corrected chi connectivity index (χ4v) is 1.32. The van der Waals surface area contributed by atoms with E-state index in [1.165, 1.54) is 7.11 Å². The quantitative estimate of drug-likeness (QED) is 0.619. The van der Waals surface area contributed by atoms with Gasteiger partial charge in [-0.25, -0.2) is 0 Å². The molecular weight excluding hydrogens is 210 g/mol. The van der Waals surface area contributed by atoms with Gasteiger partial charge in [-0.1, -0.05) is 36.5 Å². The summed E-state index contributed by atoms with van der Waals surface area (Å²) in [4.78, 5) is 11.3. The van der Waals surface area contributed by atoms with E-state index in [-0.39, 0.29) is 5.97 Å². The minimum Gasteiger partial charge on any atom is -0.469 e. The maximum absolute atomic E-state index is 10.9. The Morgan fingerprint density at radius 2 is 2.00 bits per heavy atom. The minimum absolute atomic E-state index is 0.201. The normalized spacial score (nSPS) is 9.67. The summed E-state index contributed by atoms with van der Waals surface area (Å²) in [5.74, 6) is -0.201. The fourth-order valence-electron chi connectivity index (χ4n) is 1.18. The highest BCUT2D eigenvalue weighted by Crippen LogP contribution is 2.07. The zero-order valence-electron chi connectivity index (χ0n) is 8.53. The second-order valence-corrected chi connectivity index (χ2v) is 3.58. The lowest BCUT2D eigenvalue weighted by molar-refractivity contribution is -0.140. The Morgan fingerprint density at radius 3 is 2.47 bits per heavy atom. The predicted molar refractivity (Wildman–Crippen MR) is 62.7 cm³/mol. The number of esters is 1. The number of aryl methyl sites for hydroxylation is 1. The summed E-state index contributed by atoms with van der Waals surface area (Å²) < 4.78 is 4.55. The van der Waals surface area contributed by atoms with Crippen molar-refractivity contribution in [3.05, 3.63) is 35.4 Å². The molecule has 0 heterocycles. The van der Waals surface area contributed by atoms with Crippen molar-refractivity contribution in [2.45, 2.75) is 12.8 Å². The number of hydrogen-bond acceptors (Lipinski definition) is 3. The van der Waals surface area contributed by atoms with Crippen molar-refractivity contribution in [3.8, 4) is 0 Å². The van der Waals surface area contributed by atoms with E-state index in [1.54, 1.807) is 0 Å². The van der Waals surface area contributed by atoms with Crippen LogP contribution >= 0.6 is 12.2 Å². The van der Waals surface area contributed by atoms with Crippen molar-refractivity contribution in [1.29, 1.82) is 0 Å². The van der Waals surface area contributed by atoms with Gasteiger partial charge >= 0.3 is 5.97 Å². The summed E-state index contributed by atoms with van der Waals surface area (Å²) in [6, 6.07) is 7.54. The SMILES string of the molecule is COC(=O)CCc1ccc(C(N)=S)cc1. The maximum Gasteiger partial charge on any atom is 0.305 e. The van der Waals surface area contributed by atoms with Crippen molar-refractivity contribution >= 4 is 23.2 Å². The van der Waals surface area contributed by atoms with Crippen LogP contribution in [0.2, 0.25) is 0 Å². The van der Waals surface area contributed by atoms with E-state index in [4.69, 9.17) is 18.0 Å². The predicted octanol–water partition coefficient (Wildman–Crippen LogP) is 1.43. The van der Waals surface area contributed by atoms with Crippen LogP contribution in [0.25, 0.3) is 0 Å². The summed E-state index contributed by atoms with van der Waals surface area (Å²) in [7, 11) is 1.39. The number of benzene rings is 1. The van der Waals surface area contributed by atoms with E-state index in [9.17, 15) is 4.79 Å². The molecule has 0 saturated carbocycles. The smallest absolute Gasteiger partial charge is 0.305 e. The number of thiocarbonyl (C=S) groups is 1. The molecule has 1 rings (SSSR count). The highest BCUT2D eigenvalue weighted by molar-refractivity contribution is 7.80. The third-order valence-electron chi connectivity index (χ3n) is 2.08. The van der Waals surface area contributed by atoms with E-state index < -0.39 is 0 Å². The zero-order valence-corrected chi connectivity index (χ0v) is 9.34. The van der Waals surface area contributed by atoms with Crippen LogP contribution in [0.4, 0.5) is 0 Å². The van der Waals surface area contributed by atoms with Crippen molar-refractivity contribution in [2.75, 3.05) is 7.11 Å². The molecule has 1 aromatic carbocycles. The van der Waals surface area contributed by atoms with Gasteiger partial charge in [0.05, 0.1) is 7.11 Å². The molecule has 4 heteroatoms. The Kier molecular flexibility index (Phi) is 4.24. The van der Waals surface area contributed by atoms with Gasteiger partial charge in [-0.05, 0) is 12.0 Å². The van der Waals surface area contributed by atoms with Gasteiger partial charge in [0, 0.05) is 12.0 Å². The standard InChI is InChI=1S/C11H13NO2S/c1-14-10(13)7-4-8-2-5-9(6-3-8)11(12)15/h2-3,5-6H,4,7H2,1H3,(H2,12,15). The monoisotopic (exact) mass is 223 g/mol. The lowest BCUT2D eigenvalue weighted by Crippen LogP contribution is -2.09. The van der Waals surface area contributed by atoms with Gasteiger partial charge in [0.1, 0.15) is 4.99 Å². The molecular formula is C11H13NO2S. The first kappa shape index (κ1) is 11.7. The number of carbonyl (C=O) groups excluding carboxylic acids is 1. The molecule has 0 aliphatic carbocycles. The van der Waals surface area contributed by atoms with Gasteiger partial charge in [0.2, 0.25) is 0 Å². The number of nitrogens with two attached hydrogens (primary N) is 1. The molecule has 0 atom stereocenters. The summed E-state index contributed by atoms with van der Waals surface area (Å²) in [5, 5.41) is 0. The second-order valence-electron chi connectivity index (χ2n) is 3.14. The summed E-state index contributed by atoms with van der Waals surface area (Å²) in [6.07, 6.45) is 1.06. The highest BCUT2D eigenvalue weighted by Gasteiger charge is 2.01.